The quantitative estimate of drug-likeness (QED) is 0.560. The van der Waals surface area contributed by atoms with E-state index in [-0.39, 0.29) is 11.8 Å². The van der Waals surface area contributed by atoms with Crippen molar-refractivity contribution in [1.29, 1.82) is 0 Å². The Morgan fingerprint density at radius 1 is 0.909 bits per heavy atom. The highest BCUT2D eigenvalue weighted by molar-refractivity contribution is 6.30. The van der Waals surface area contributed by atoms with E-state index in [9.17, 15) is 9.59 Å². The number of nitrogens with zero attached hydrogens (tertiary/aromatic N) is 2. The third-order valence-corrected chi connectivity index (χ3v) is 7.21. The Bertz CT molecular complexity index is 1140. The number of fused-ring (bicyclic) bond motifs is 1. The lowest BCUT2D eigenvalue weighted by Gasteiger charge is -2.40. The number of hydrogen-bond acceptors (Lipinski definition) is 3. The molecule has 33 heavy (non-hydrogen) atoms. The van der Waals surface area contributed by atoms with Gasteiger partial charge in [0.1, 0.15) is 5.69 Å². The molecular weight excluding hydrogens is 436 g/mol. The second kappa shape index (κ2) is 9.57. The Morgan fingerprint density at radius 3 is 2.33 bits per heavy atom. The van der Waals surface area contributed by atoms with Crippen molar-refractivity contribution < 1.29 is 9.59 Å². The maximum absolute atomic E-state index is 13.5. The van der Waals surface area contributed by atoms with Gasteiger partial charge in [-0.3, -0.25) is 14.5 Å². The molecule has 1 aliphatic carbocycles. The summed E-state index contributed by atoms with van der Waals surface area (Å²) in [5.41, 5.74) is 2.28. The van der Waals surface area contributed by atoms with Gasteiger partial charge in [-0.15, -0.1) is 0 Å². The minimum Gasteiger partial charge on any atom is -0.349 e. The first-order valence-corrected chi connectivity index (χ1v) is 12.2. The molecule has 1 aromatic heterocycles. The maximum atomic E-state index is 13.5. The number of nitrogens with one attached hydrogen (secondary N) is 2. The lowest BCUT2D eigenvalue weighted by Crippen LogP contribution is -2.52. The standard InChI is InChI=1S/C26H29ClN4O2/c27-19-12-10-18(11-13-19)25(32)29-23-21-8-4-5-9-22(21)28-24(23)26(33)31-16-14-30(15-17-31)20-6-2-1-3-7-20/h4-5,8-13,20,28H,1-3,6-7,14-17H2,(H,29,32). The van der Waals surface area contributed by atoms with Gasteiger partial charge in [0.25, 0.3) is 11.8 Å². The fourth-order valence-corrected chi connectivity index (χ4v) is 5.24. The number of carbonyl (C=O) groups is 2. The number of rotatable bonds is 4. The molecule has 172 valence electrons. The summed E-state index contributed by atoms with van der Waals surface area (Å²) in [6, 6.07) is 15.1. The lowest BCUT2D eigenvalue weighted by atomic mass is 9.94. The lowest BCUT2D eigenvalue weighted by molar-refractivity contribution is 0.0520. The Balaban J connectivity index is 1.36. The van der Waals surface area contributed by atoms with Crippen molar-refractivity contribution in [3.63, 3.8) is 0 Å². The molecule has 0 bridgehead atoms. The van der Waals surface area contributed by atoms with Crippen molar-refractivity contribution in [3.8, 4) is 0 Å². The highest BCUT2D eigenvalue weighted by Gasteiger charge is 2.30. The number of aromatic nitrogens is 1. The first-order valence-electron chi connectivity index (χ1n) is 11.8. The van der Waals surface area contributed by atoms with Gasteiger partial charge in [0.05, 0.1) is 5.69 Å². The first-order chi connectivity index (χ1) is 16.1. The number of para-hydroxylation sites is 1. The topological polar surface area (TPSA) is 68.4 Å². The van der Waals surface area contributed by atoms with Crippen LogP contribution in [0.15, 0.2) is 48.5 Å². The molecule has 0 spiro atoms. The number of piperazine rings is 1. The van der Waals surface area contributed by atoms with Crippen molar-refractivity contribution in [2.45, 2.75) is 38.1 Å². The van der Waals surface area contributed by atoms with E-state index in [4.69, 9.17) is 11.6 Å². The summed E-state index contributed by atoms with van der Waals surface area (Å²) in [6.07, 6.45) is 6.53. The minimum absolute atomic E-state index is 0.0686. The van der Waals surface area contributed by atoms with Gasteiger partial charge in [-0.25, -0.2) is 0 Å². The number of amides is 2. The summed E-state index contributed by atoms with van der Waals surface area (Å²) in [5, 5.41) is 4.37. The molecule has 5 rings (SSSR count). The van der Waals surface area contributed by atoms with Gasteiger partial charge < -0.3 is 15.2 Å². The van der Waals surface area contributed by atoms with E-state index in [1.807, 2.05) is 29.2 Å². The largest absolute Gasteiger partial charge is 0.349 e. The van der Waals surface area contributed by atoms with Crippen molar-refractivity contribution >= 4 is 40.0 Å². The second-order valence-electron chi connectivity index (χ2n) is 9.00. The third-order valence-electron chi connectivity index (χ3n) is 6.96. The van der Waals surface area contributed by atoms with Crippen LogP contribution >= 0.6 is 11.6 Å². The molecule has 3 aromatic rings. The van der Waals surface area contributed by atoms with Gasteiger partial charge in [0.2, 0.25) is 0 Å². The minimum atomic E-state index is -0.271. The molecule has 2 aromatic carbocycles. The van der Waals surface area contributed by atoms with Crippen molar-refractivity contribution in [2.75, 3.05) is 31.5 Å². The van der Waals surface area contributed by atoms with E-state index in [2.05, 4.69) is 15.2 Å². The predicted molar refractivity (Wildman–Crippen MR) is 132 cm³/mol. The zero-order valence-corrected chi connectivity index (χ0v) is 19.4. The fraction of sp³-hybridized carbons (Fsp3) is 0.385. The summed E-state index contributed by atoms with van der Waals surface area (Å²) in [6.45, 7) is 3.22. The van der Waals surface area contributed by atoms with Gasteiger partial charge in [-0.2, -0.15) is 0 Å². The van der Waals surface area contributed by atoms with Crippen LogP contribution in [0, 0.1) is 0 Å². The average molecular weight is 465 g/mol. The Kier molecular flexibility index (Phi) is 6.38. The number of aromatic amines is 1. The molecule has 0 radical (unpaired) electrons. The number of carbonyl (C=O) groups excluding carboxylic acids is 2. The van der Waals surface area contributed by atoms with E-state index >= 15 is 0 Å². The van der Waals surface area contributed by atoms with Crippen LogP contribution in [0.1, 0.15) is 53.0 Å². The van der Waals surface area contributed by atoms with Crippen LogP contribution in [0.2, 0.25) is 5.02 Å². The highest BCUT2D eigenvalue weighted by atomic mass is 35.5. The van der Waals surface area contributed by atoms with Gasteiger partial charge in [-0.1, -0.05) is 49.1 Å². The summed E-state index contributed by atoms with van der Waals surface area (Å²) >= 11 is 5.96. The van der Waals surface area contributed by atoms with Crippen LogP contribution in [0.3, 0.4) is 0 Å². The van der Waals surface area contributed by atoms with E-state index in [0.717, 1.165) is 24.0 Å². The van der Waals surface area contributed by atoms with Crippen molar-refractivity contribution in [1.82, 2.24) is 14.8 Å². The van der Waals surface area contributed by atoms with Crippen molar-refractivity contribution in [2.24, 2.45) is 0 Å². The number of benzene rings is 2. The van der Waals surface area contributed by atoms with Crippen LogP contribution in [0.5, 0.6) is 0 Å². The molecule has 6 nitrogen and oxygen atoms in total. The highest BCUT2D eigenvalue weighted by Crippen LogP contribution is 2.30. The number of H-pyrrole nitrogens is 1. The van der Waals surface area contributed by atoms with Crippen LogP contribution in [-0.2, 0) is 0 Å². The average Bonchev–Trinajstić information content (AvgIpc) is 3.23. The molecule has 2 heterocycles. The predicted octanol–water partition coefficient (Wildman–Crippen LogP) is 5.16. The molecule has 2 fully saturated rings. The Labute approximate surface area is 198 Å². The molecule has 2 amide bonds. The molecule has 0 atom stereocenters. The molecular formula is C26H29ClN4O2. The Hall–Kier alpha value is -2.83. The molecule has 0 unspecified atom stereocenters. The van der Waals surface area contributed by atoms with Crippen LogP contribution in [0.4, 0.5) is 5.69 Å². The van der Waals surface area contributed by atoms with Crippen LogP contribution in [-0.4, -0.2) is 58.8 Å². The SMILES string of the molecule is O=C(Nc1c(C(=O)N2CCN(C3CCCCC3)CC2)[nH]c2ccccc12)c1ccc(Cl)cc1. The first kappa shape index (κ1) is 22.0. The van der Waals surface area contributed by atoms with E-state index in [1.165, 1.54) is 32.1 Å². The summed E-state index contributed by atoms with van der Waals surface area (Å²) < 4.78 is 0. The van der Waals surface area contributed by atoms with Gasteiger partial charge in [0.15, 0.2) is 0 Å². The normalized spacial score (nSPS) is 17.9. The zero-order chi connectivity index (χ0) is 22.8. The van der Waals surface area contributed by atoms with Gasteiger partial charge >= 0.3 is 0 Å². The zero-order valence-electron chi connectivity index (χ0n) is 18.6. The monoisotopic (exact) mass is 464 g/mol. The molecule has 2 N–H and O–H groups in total. The van der Waals surface area contributed by atoms with E-state index < -0.39 is 0 Å². The summed E-state index contributed by atoms with van der Waals surface area (Å²) in [5.74, 6) is -0.339. The summed E-state index contributed by atoms with van der Waals surface area (Å²) in [4.78, 5) is 34.2. The smallest absolute Gasteiger partial charge is 0.272 e. The second-order valence-corrected chi connectivity index (χ2v) is 9.44. The fourth-order valence-electron chi connectivity index (χ4n) is 5.11. The van der Waals surface area contributed by atoms with E-state index in [0.29, 0.717) is 41.1 Å². The summed E-state index contributed by atoms with van der Waals surface area (Å²) in [7, 11) is 0. The molecule has 7 heteroatoms. The van der Waals surface area contributed by atoms with Crippen LogP contribution < -0.4 is 5.32 Å². The number of anilines is 1. The third kappa shape index (κ3) is 4.63. The number of halogens is 1. The molecule has 1 aliphatic heterocycles. The molecule has 1 saturated heterocycles. The maximum Gasteiger partial charge on any atom is 0.272 e. The van der Waals surface area contributed by atoms with Crippen molar-refractivity contribution in [3.05, 3.63) is 64.8 Å². The van der Waals surface area contributed by atoms with Crippen LogP contribution in [0.25, 0.3) is 10.9 Å². The molecule has 1 saturated carbocycles. The van der Waals surface area contributed by atoms with Gasteiger partial charge in [-0.05, 0) is 43.2 Å². The van der Waals surface area contributed by atoms with E-state index in [1.54, 1.807) is 24.3 Å². The van der Waals surface area contributed by atoms with Gasteiger partial charge in [0, 0.05) is 53.7 Å². The number of hydrogen-bond donors (Lipinski definition) is 2. The molecule has 2 aliphatic rings. The Morgan fingerprint density at radius 2 is 1.61 bits per heavy atom.